The van der Waals surface area contributed by atoms with Crippen LogP contribution < -0.4 is 19.5 Å². The van der Waals surface area contributed by atoms with E-state index >= 15 is 0 Å². The lowest BCUT2D eigenvalue weighted by atomic mass is 10.1. The van der Waals surface area contributed by atoms with Gasteiger partial charge in [0.2, 0.25) is 5.75 Å². The maximum absolute atomic E-state index is 12.2. The average molecular weight is 399 g/mol. The second kappa shape index (κ2) is 10.2. The Balaban J connectivity index is 2.01. The van der Waals surface area contributed by atoms with Gasteiger partial charge in [-0.15, -0.1) is 0 Å². The molecule has 0 aliphatic carbocycles. The molecule has 7 heteroatoms. The van der Waals surface area contributed by atoms with Crippen molar-refractivity contribution in [2.45, 2.75) is 20.0 Å². The van der Waals surface area contributed by atoms with E-state index in [4.69, 9.17) is 18.9 Å². The SMILES string of the molecule is COc1cc(C=CC(=O)OC(C)C(=O)Nc2ccc(C)cc2)cc(OC)c1OC. The number of aryl methyl sites for hydroxylation is 1. The molecule has 0 aromatic heterocycles. The number of carbonyl (C=O) groups excluding carboxylic acids is 2. The fourth-order valence-corrected chi connectivity index (χ4v) is 2.51. The summed E-state index contributed by atoms with van der Waals surface area (Å²) in [5, 5.41) is 2.70. The normalized spacial score (nSPS) is 11.6. The maximum atomic E-state index is 12.2. The number of esters is 1. The van der Waals surface area contributed by atoms with Crippen LogP contribution in [0.2, 0.25) is 0 Å². The molecule has 154 valence electrons. The number of nitrogens with one attached hydrogen (secondary N) is 1. The number of methoxy groups -OCH3 is 3. The minimum atomic E-state index is -0.951. The van der Waals surface area contributed by atoms with E-state index in [1.165, 1.54) is 40.4 Å². The van der Waals surface area contributed by atoms with Crippen molar-refractivity contribution in [2.24, 2.45) is 0 Å². The van der Waals surface area contributed by atoms with E-state index in [-0.39, 0.29) is 0 Å². The molecule has 2 aromatic carbocycles. The summed E-state index contributed by atoms with van der Waals surface area (Å²) < 4.78 is 21.0. The van der Waals surface area contributed by atoms with Gasteiger partial charge in [-0.05, 0) is 49.8 Å². The lowest BCUT2D eigenvalue weighted by Gasteiger charge is -2.13. The average Bonchev–Trinajstić information content (AvgIpc) is 2.72. The lowest BCUT2D eigenvalue weighted by molar-refractivity contribution is -0.148. The quantitative estimate of drug-likeness (QED) is 0.539. The van der Waals surface area contributed by atoms with E-state index < -0.39 is 18.0 Å². The summed E-state index contributed by atoms with van der Waals surface area (Å²) in [4.78, 5) is 24.3. The fraction of sp³-hybridized carbons (Fsp3) is 0.273. The molecule has 7 nitrogen and oxygen atoms in total. The number of anilines is 1. The molecule has 0 saturated carbocycles. The molecule has 29 heavy (non-hydrogen) atoms. The molecule has 0 heterocycles. The molecule has 2 aromatic rings. The van der Waals surface area contributed by atoms with Gasteiger partial charge in [0, 0.05) is 11.8 Å². The third-order valence-corrected chi connectivity index (χ3v) is 4.08. The molecular formula is C22H25NO6. The smallest absolute Gasteiger partial charge is 0.331 e. The highest BCUT2D eigenvalue weighted by Gasteiger charge is 2.17. The van der Waals surface area contributed by atoms with Crippen LogP contribution in [0.3, 0.4) is 0 Å². The van der Waals surface area contributed by atoms with Crippen LogP contribution in [0.5, 0.6) is 17.2 Å². The van der Waals surface area contributed by atoms with Crippen LogP contribution in [0, 0.1) is 6.92 Å². The molecule has 1 N–H and O–H groups in total. The van der Waals surface area contributed by atoms with Gasteiger partial charge in [-0.25, -0.2) is 4.79 Å². The van der Waals surface area contributed by atoms with Crippen LogP contribution in [0.15, 0.2) is 42.5 Å². The first kappa shape index (κ1) is 21.8. The zero-order valence-electron chi connectivity index (χ0n) is 17.1. The molecule has 2 rings (SSSR count). The van der Waals surface area contributed by atoms with Crippen molar-refractivity contribution in [3.05, 3.63) is 53.6 Å². The lowest BCUT2D eigenvalue weighted by Crippen LogP contribution is -2.29. The Bertz CT molecular complexity index is 864. The Morgan fingerprint density at radius 1 is 0.966 bits per heavy atom. The first-order valence-corrected chi connectivity index (χ1v) is 8.94. The van der Waals surface area contributed by atoms with Crippen molar-refractivity contribution in [1.82, 2.24) is 0 Å². The van der Waals surface area contributed by atoms with Gasteiger partial charge in [0.1, 0.15) is 0 Å². The summed E-state index contributed by atoms with van der Waals surface area (Å²) in [6.45, 7) is 3.46. The van der Waals surface area contributed by atoms with Crippen molar-refractivity contribution >= 4 is 23.6 Å². The van der Waals surface area contributed by atoms with Crippen molar-refractivity contribution < 1.29 is 28.5 Å². The molecule has 1 atom stereocenters. The van der Waals surface area contributed by atoms with Crippen LogP contribution in [-0.4, -0.2) is 39.3 Å². The summed E-state index contributed by atoms with van der Waals surface area (Å²) in [5.41, 5.74) is 2.36. The van der Waals surface area contributed by atoms with Crippen molar-refractivity contribution in [3.63, 3.8) is 0 Å². The molecule has 0 bridgehead atoms. The molecule has 0 radical (unpaired) electrons. The second-order valence-electron chi connectivity index (χ2n) is 6.23. The van der Waals surface area contributed by atoms with Crippen LogP contribution >= 0.6 is 0 Å². The van der Waals surface area contributed by atoms with Crippen molar-refractivity contribution in [3.8, 4) is 17.2 Å². The zero-order valence-corrected chi connectivity index (χ0v) is 17.1. The number of amides is 1. The first-order valence-electron chi connectivity index (χ1n) is 8.94. The van der Waals surface area contributed by atoms with Gasteiger partial charge >= 0.3 is 5.97 Å². The molecular weight excluding hydrogens is 374 g/mol. The minimum absolute atomic E-state index is 0.414. The predicted molar refractivity (Wildman–Crippen MR) is 110 cm³/mol. The third kappa shape index (κ3) is 6.00. The highest BCUT2D eigenvalue weighted by Crippen LogP contribution is 2.38. The number of benzene rings is 2. The number of ether oxygens (including phenoxy) is 4. The van der Waals surface area contributed by atoms with Crippen LogP contribution in [0.4, 0.5) is 5.69 Å². The van der Waals surface area contributed by atoms with Gasteiger partial charge in [0.15, 0.2) is 17.6 Å². The van der Waals surface area contributed by atoms with Gasteiger partial charge < -0.3 is 24.3 Å². The summed E-state index contributed by atoms with van der Waals surface area (Å²) in [6.07, 6.45) is 1.82. The van der Waals surface area contributed by atoms with E-state index in [1.54, 1.807) is 24.3 Å². The van der Waals surface area contributed by atoms with Gasteiger partial charge in [-0.2, -0.15) is 0 Å². The summed E-state index contributed by atoms with van der Waals surface area (Å²) >= 11 is 0. The number of carbonyl (C=O) groups is 2. The Labute approximate surface area is 170 Å². The third-order valence-electron chi connectivity index (χ3n) is 4.08. The molecule has 1 amide bonds. The van der Waals surface area contributed by atoms with Crippen molar-refractivity contribution in [2.75, 3.05) is 26.6 Å². The Morgan fingerprint density at radius 2 is 1.55 bits per heavy atom. The molecule has 1 unspecified atom stereocenters. The van der Waals surface area contributed by atoms with Crippen LogP contribution in [0.25, 0.3) is 6.08 Å². The molecule has 0 fully saturated rings. The first-order chi connectivity index (χ1) is 13.9. The van der Waals surface area contributed by atoms with E-state index in [9.17, 15) is 9.59 Å². The second-order valence-corrected chi connectivity index (χ2v) is 6.23. The fourth-order valence-electron chi connectivity index (χ4n) is 2.51. The molecule has 0 aliphatic rings. The summed E-state index contributed by atoms with van der Waals surface area (Å²) in [5.74, 6) is 0.321. The summed E-state index contributed by atoms with van der Waals surface area (Å²) in [6, 6.07) is 10.7. The van der Waals surface area contributed by atoms with Crippen LogP contribution in [-0.2, 0) is 14.3 Å². The Morgan fingerprint density at radius 3 is 2.07 bits per heavy atom. The van der Waals surface area contributed by atoms with E-state index in [1.807, 2.05) is 19.1 Å². The van der Waals surface area contributed by atoms with Gasteiger partial charge in [-0.1, -0.05) is 17.7 Å². The van der Waals surface area contributed by atoms with Gasteiger partial charge in [0.25, 0.3) is 5.91 Å². The highest BCUT2D eigenvalue weighted by molar-refractivity contribution is 5.96. The van der Waals surface area contributed by atoms with E-state index in [0.29, 0.717) is 28.5 Å². The van der Waals surface area contributed by atoms with Gasteiger partial charge in [0.05, 0.1) is 21.3 Å². The molecule has 0 saturated heterocycles. The predicted octanol–water partition coefficient (Wildman–Crippen LogP) is 3.60. The number of hydrogen-bond acceptors (Lipinski definition) is 6. The molecule has 0 spiro atoms. The van der Waals surface area contributed by atoms with Crippen LogP contribution in [0.1, 0.15) is 18.1 Å². The minimum Gasteiger partial charge on any atom is -0.493 e. The monoisotopic (exact) mass is 399 g/mol. The zero-order chi connectivity index (χ0) is 21.4. The maximum Gasteiger partial charge on any atom is 0.331 e. The van der Waals surface area contributed by atoms with E-state index in [0.717, 1.165) is 5.56 Å². The van der Waals surface area contributed by atoms with E-state index in [2.05, 4.69) is 5.32 Å². The standard InChI is InChI=1S/C22H25NO6/c1-14-6-9-17(10-7-14)23-22(25)15(2)29-20(24)11-8-16-12-18(26-3)21(28-5)19(13-16)27-4/h6-13,15H,1-5H3,(H,23,25). The Kier molecular flexibility index (Phi) is 7.65. The topological polar surface area (TPSA) is 83.1 Å². The number of rotatable bonds is 8. The highest BCUT2D eigenvalue weighted by atomic mass is 16.5. The molecule has 0 aliphatic heterocycles. The number of hydrogen-bond donors (Lipinski definition) is 1. The summed E-state index contributed by atoms with van der Waals surface area (Å²) in [7, 11) is 4.52. The largest absolute Gasteiger partial charge is 0.493 e. The Hall–Kier alpha value is -3.48. The van der Waals surface area contributed by atoms with Gasteiger partial charge in [-0.3, -0.25) is 4.79 Å². The van der Waals surface area contributed by atoms with Crippen molar-refractivity contribution in [1.29, 1.82) is 0 Å².